The van der Waals surface area contributed by atoms with Crippen LogP contribution >= 0.6 is 11.3 Å². The molecule has 0 saturated carbocycles. The molecule has 0 aliphatic carbocycles. The molecule has 11 rings (SSSR count). The molecule has 0 aliphatic rings. The largest absolute Gasteiger partial charge is 0.307 e. The molecule has 4 heterocycles. The molecule has 0 unspecified atom stereocenters. The molecular formula is C40H22N4S. The quantitative estimate of drug-likeness (QED) is 0.188. The fourth-order valence-corrected chi connectivity index (χ4v) is 8.90. The molecule has 208 valence electrons. The summed E-state index contributed by atoms with van der Waals surface area (Å²) in [5, 5.41) is 10.4. The molecule has 4 aromatic heterocycles. The Kier molecular flexibility index (Phi) is 4.43. The molecular weight excluding hydrogens is 569 g/mol. The third kappa shape index (κ3) is 3.00. The van der Waals surface area contributed by atoms with Gasteiger partial charge in [-0.25, -0.2) is 0 Å². The van der Waals surface area contributed by atoms with Gasteiger partial charge in [0.25, 0.3) is 0 Å². The van der Waals surface area contributed by atoms with Crippen molar-refractivity contribution in [3.63, 3.8) is 0 Å². The summed E-state index contributed by atoms with van der Waals surface area (Å²) < 4.78 is 7.59. The number of nitrogens with zero attached hydrogens (tertiary/aromatic N) is 4. The van der Waals surface area contributed by atoms with E-state index in [4.69, 9.17) is 0 Å². The van der Waals surface area contributed by atoms with Crippen LogP contribution in [0.2, 0.25) is 0 Å². The second kappa shape index (κ2) is 8.44. The van der Waals surface area contributed by atoms with Crippen LogP contribution in [0.1, 0.15) is 0 Å². The third-order valence-electron chi connectivity index (χ3n) is 9.52. The van der Waals surface area contributed by atoms with Gasteiger partial charge in [-0.3, -0.25) is 9.97 Å². The van der Waals surface area contributed by atoms with E-state index in [1.807, 2.05) is 11.3 Å². The standard InChI is InChI=1S/C40H22N4S/c1-2-8-24(9-3-1)43-33-22-35-37(27-11-5-7-13-34(27)45-35)28-16-14-23-20-29-26-10-4-6-12-32(26)44(39(29)40(43)36(23)38(28)33)25-15-17-30-31(21-25)42-19-18-41-30/h1-22H. The fraction of sp³-hybridized carbons (Fsp3) is 0. The first kappa shape index (κ1) is 23.6. The molecule has 7 aromatic carbocycles. The van der Waals surface area contributed by atoms with Gasteiger partial charge < -0.3 is 9.13 Å². The van der Waals surface area contributed by atoms with Gasteiger partial charge in [0.2, 0.25) is 0 Å². The summed E-state index contributed by atoms with van der Waals surface area (Å²) in [5.74, 6) is 0. The molecule has 0 N–H and O–H groups in total. The number of hydrogen-bond acceptors (Lipinski definition) is 3. The normalized spacial score (nSPS) is 12.4. The average Bonchev–Trinajstić information content (AvgIpc) is 3.75. The lowest BCUT2D eigenvalue weighted by Gasteiger charge is -2.13. The van der Waals surface area contributed by atoms with E-state index in [-0.39, 0.29) is 0 Å². The lowest BCUT2D eigenvalue weighted by Crippen LogP contribution is -1.99. The van der Waals surface area contributed by atoms with E-state index >= 15 is 0 Å². The van der Waals surface area contributed by atoms with Crippen molar-refractivity contribution in [2.75, 3.05) is 0 Å². The van der Waals surface area contributed by atoms with Crippen LogP contribution < -0.4 is 0 Å². The Morgan fingerprint density at radius 1 is 0.444 bits per heavy atom. The van der Waals surface area contributed by atoms with Crippen molar-refractivity contribution in [1.29, 1.82) is 0 Å². The van der Waals surface area contributed by atoms with Crippen molar-refractivity contribution < 1.29 is 0 Å². The predicted octanol–water partition coefficient (Wildman–Crippen LogP) is 10.8. The zero-order chi connectivity index (χ0) is 29.2. The highest BCUT2D eigenvalue weighted by molar-refractivity contribution is 7.26. The number of para-hydroxylation sites is 2. The van der Waals surface area contributed by atoms with Crippen molar-refractivity contribution >= 4 is 96.9 Å². The minimum atomic E-state index is 0.885. The van der Waals surface area contributed by atoms with E-state index in [1.54, 1.807) is 12.4 Å². The number of rotatable bonds is 2. The van der Waals surface area contributed by atoms with Gasteiger partial charge in [0.15, 0.2) is 0 Å². The highest BCUT2D eigenvalue weighted by Crippen LogP contribution is 2.49. The van der Waals surface area contributed by atoms with Crippen molar-refractivity contribution in [2.24, 2.45) is 0 Å². The summed E-state index contributed by atoms with van der Waals surface area (Å²) in [5.41, 5.74) is 8.86. The lowest BCUT2D eigenvalue weighted by molar-refractivity contribution is 1.15. The van der Waals surface area contributed by atoms with E-state index in [9.17, 15) is 0 Å². The van der Waals surface area contributed by atoms with Crippen LogP contribution in [0.25, 0.3) is 97.0 Å². The Balaban J connectivity index is 1.43. The second-order valence-corrected chi connectivity index (χ2v) is 12.9. The van der Waals surface area contributed by atoms with Crippen LogP contribution in [-0.2, 0) is 0 Å². The maximum absolute atomic E-state index is 4.67. The van der Waals surface area contributed by atoms with E-state index in [1.165, 1.54) is 74.6 Å². The van der Waals surface area contributed by atoms with E-state index in [2.05, 4.69) is 140 Å². The van der Waals surface area contributed by atoms with Crippen molar-refractivity contribution in [2.45, 2.75) is 0 Å². The Labute approximate surface area is 260 Å². The smallest absolute Gasteiger partial charge is 0.0907 e. The first-order chi connectivity index (χ1) is 22.3. The van der Waals surface area contributed by atoms with Crippen LogP contribution in [-0.4, -0.2) is 19.1 Å². The molecule has 0 bridgehead atoms. The fourth-order valence-electron chi connectivity index (χ4n) is 7.75. The summed E-state index contributed by atoms with van der Waals surface area (Å²) in [6.45, 7) is 0. The molecule has 0 saturated heterocycles. The Hall–Kier alpha value is -5.78. The van der Waals surface area contributed by atoms with E-state index in [0.29, 0.717) is 0 Å². The highest BCUT2D eigenvalue weighted by Gasteiger charge is 2.25. The SMILES string of the molecule is c1ccc(-n2c3cc4sc5ccccc5c4c4ccc5cc6c7ccccc7n(-c7ccc8nccnc8c7)c6c2c5c43)cc1. The summed E-state index contributed by atoms with van der Waals surface area (Å²) >= 11 is 1.88. The highest BCUT2D eigenvalue weighted by atomic mass is 32.1. The average molecular weight is 591 g/mol. The summed E-state index contributed by atoms with van der Waals surface area (Å²) in [7, 11) is 0. The number of thiophene rings is 1. The zero-order valence-electron chi connectivity index (χ0n) is 23.9. The maximum atomic E-state index is 4.67. The van der Waals surface area contributed by atoms with Gasteiger partial charge in [-0.05, 0) is 65.4 Å². The Bertz CT molecular complexity index is 2980. The summed E-state index contributed by atoms with van der Waals surface area (Å²) in [6, 6.07) is 44.4. The predicted molar refractivity (Wildman–Crippen MR) is 190 cm³/mol. The number of fused-ring (bicyclic) bond motifs is 9. The Morgan fingerprint density at radius 2 is 1.22 bits per heavy atom. The van der Waals surface area contributed by atoms with Gasteiger partial charge >= 0.3 is 0 Å². The zero-order valence-corrected chi connectivity index (χ0v) is 24.7. The molecule has 0 atom stereocenters. The van der Waals surface area contributed by atoms with E-state index < -0.39 is 0 Å². The first-order valence-corrected chi connectivity index (χ1v) is 16.0. The third-order valence-corrected chi connectivity index (χ3v) is 10.6. The van der Waals surface area contributed by atoms with Crippen molar-refractivity contribution in [1.82, 2.24) is 19.1 Å². The Morgan fingerprint density at radius 3 is 2.13 bits per heavy atom. The van der Waals surface area contributed by atoms with Gasteiger partial charge in [0.1, 0.15) is 0 Å². The monoisotopic (exact) mass is 590 g/mol. The van der Waals surface area contributed by atoms with Gasteiger partial charge in [0.05, 0.1) is 33.1 Å². The van der Waals surface area contributed by atoms with Gasteiger partial charge in [-0.15, -0.1) is 11.3 Å². The van der Waals surface area contributed by atoms with Crippen molar-refractivity contribution in [3.05, 3.63) is 134 Å². The molecule has 45 heavy (non-hydrogen) atoms. The summed E-state index contributed by atoms with van der Waals surface area (Å²) in [4.78, 5) is 9.22. The van der Waals surface area contributed by atoms with Crippen LogP contribution in [0.3, 0.4) is 0 Å². The van der Waals surface area contributed by atoms with E-state index in [0.717, 1.165) is 22.4 Å². The molecule has 0 amide bonds. The first-order valence-electron chi connectivity index (χ1n) is 15.2. The van der Waals surface area contributed by atoms with Crippen LogP contribution in [0.15, 0.2) is 134 Å². The summed E-state index contributed by atoms with van der Waals surface area (Å²) in [6.07, 6.45) is 3.52. The molecule has 0 spiro atoms. The molecule has 0 fully saturated rings. The van der Waals surface area contributed by atoms with Crippen LogP contribution in [0.5, 0.6) is 0 Å². The van der Waals surface area contributed by atoms with Crippen molar-refractivity contribution in [3.8, 4) is 11.4 Å². The lowest BCUT2D eigenvalue weighted by atomic mass is 9.97. The molecule has 0 aliphatic heterocycles. The second-order valence-electron chi connectivity index (χ2n) is 11.8. The maximum Gasteiger partial charge on any atom is 0.0907 e. The molecule has 4 nitrogen and oxygen atoms in total. The molecule has 5 heteroatoms. The van der Waals surface area contributed by atoms with Gasteiger partial charge in [-0.2, -0.15) is 0 Å². The van der Waals surface area contributed by atoms with Crippen LogP contribution in [0.4, 0.5) is 0 Å². The minimum Gasteiger partial charge on any atom is -0.307 e. The minimum absolute atomic E-state index is 0.885. The number of aromatic nitrogens is 4. The molecule has 11 aromatic rings. The number of hydrogen-bond donors (Lipinski definition) is 0. The number of benzene rings is 7. The van der Waals surface area contributed by atoms with Gasteiger partial charge in [-0.1, -0.05) is 66.7 Å². The molecule has 0 radical (unpaired) electrons. The topological polar surface area (TPSA) is 35.6 Å². The van der Waals surface area contributed by atoms with Crippen LogP contribution in [0, 0.1) is 0 Å². The van der Waals surface area contributed by atoms with Gasteiger partial charge in [0, 0.05) is 65.5 Å².